The van der Waals surface area contributed by atoms with Crippen LogP contribution in [0.4, 0.5) is 22.0 Å². The molecule has 1 amide bonds. The van der Waals surface area contributed by atoms with Crippen LogP contribution in [0.1, 0.15) is 41.1 Å². The lowest BCUT2D eigenvalue weighted by atomic mass is 9.90. The molecule has 0 radical (unpaired) electrons. The minimum absolute atomic E-state index is 0.225. The lowest BCUT2D eigenvalue weighted by Gasteiger charge is -2.32. The highest BCUT2D eigenvalue weighted by Crippen LogP contribution is 2.27. The molecule has 9 heteroatoms. The lowest BCUT2D eigenvalue weighted by Crippen LogP contribution is -2.39. The molecule has 28 heavy (non-hydrogen) atoms. The summed E-state index contributed by atoms with van der Waals surface area (Å²) in [6.07, 6.45) is -1.48. The number of hydrogen-bond acceptors (Lipinski definition) is 3. The van der Waals surface area contributed by atoms with E-state index in [1.165, 1.54) is 11.0 Å². The van der Waals surface area contributed by atoms with Crippen LogP contribution in [0.25, 0.3) is 0 Å². The van der Waals surface area contributed by atoms with Crippen molar-refractivity contribution in [2.75, 3.05) is 13.1 Å². The Morgan fingerprint density at radius 3 is 2.54 bits per heavy atom. The summed E-state index contributed by atoms with van der Waals surface area (Å²) in [5, 5.41) is 0. The number of rotatable bonds is 4. The number of hydrogen-bond donors (Lipinski definition) is 0. The Labute approximate surface area is 158 Å². The molecule has 1 fully saturated rings. The minimum atomic E-state index is -4.71. The lowest BCUT2D eigenvalue weighted by molar-refractivity contribution is -0.145. The number of nitrogens with zero attached hydrogens (tertiary/aromatic N) is 3. The average Bonchev–Trinajstić information content (AvgIpc) is 2.68. The minimum Gasteiger partial charge on any atom is -0.337 e. The van der Waals surface area contributed by atoms with Crippen LogP contribution in [0.2, 0.25) is 0 Å². The molecular formula is C19H18F5N3O. The van der Waals surface area contributed by atoms with Crippen LogP contribution in [-0.4, -0.2) is 33.9 Å². The van der Waals surface area contributed by atoms with Crippen molar-refractivity contribution in [1.82, 2.24) is 14.9 Å². The van der Waals surface area contributed by atoms with E-state index < -0.39 is 29.5 Å². The molecule has 0 saturated carbocycles. The zero-order chi connectivity index (χ0) is 20.3. The standard InChI is InChI=1S/C19H18F5N3O/c20-14-3-4-15(21)13(11-14)2-1-12-6-9-27(10-7-12)17(28)16-5-8-25-18(26-16)19(22,23)24/h3-5,8,11-12H,1-2,6-7,9-10H2. The summed E-state index contributed by atoms with van der Waals surface area (Å²) in [4.78, 5) is 20.4. The molecule has 1 aromatic carbocycles. The Kier molecular flexibility index (Phi) is 5.90. The van der Waals surface area contributed by atoms with Gasteiger partial charge in [-0.15, -0.1) is 0 Å². The smallest absolute Gasteiger partial charge is 0.337 e. The van der Waals surface area contributed by atoms with E-state index in [0.29, 0.717) is 44.3 Å². The zero-order valence-corrected chi connectivity index (χ0v) is 14.8. The van der Waals surface area contributed by atoms with Gasteiger partial charge in [-0.25, -0.2) is 18.7 Å². The maximum absolute atomic E-state index is 13.7. The summed E-state index contributed by atoms with van der Waals surface area (Å²) in [7, 11) is 0. The van der Waals surface area contributed by atoms with Crippen molar-refractivity contribution < 1.29 is 26.7 Å². The number of aromatic nitrogens is 2. The van der Waals surface area contributed by atoms with Gasteiger partial charge >= 0.3 is 6.18 Å². The predicted octanol–water partition coefficient (Wildman–Crippen LogP) is 4.26. The molecule has 1 saturated heterocycles. The second kappa shape index (κ2) is 8.20. The van der Waals surface area contributed by atoms with E-state index in [-0.39, 0.29) is 11.6 Å². The second-order valence-corrected chi connectivity index (χ2v) is 6.77. The quantitative estimate of drug-likeness (QED) is 0.722. The Bertz CT molecular complexity index is 848. The number of benzene rings is 1. The molecule has 1 aliphatic rings. The first-order valence-corrected chi connectivity index (χ1v) is 8.87. The molecule has 3 rings (SSSR count). The molecule has 2 heterocycles. The number of carbonyl (C=O) groups is 1. The Morgan fingerprint density at radius 2 is 1.86 bits per heavy atom. The zero-order valence-electron chi connectivity index (χ0n) is 14.8. The van der Waals surface area contributed by atoms with Gasteiger partial charge in [0, 0.05) is 19.3 Å². The van der Waals surface area contributed by atoms with Gasteiger partial charge in [0.15, 0.2) is 0 Å². The molecule has 0 bridgehead atoms. The maximum atomic E-state index is 13.7. The Morgan fingerprint density at radius 1 is 1.14 bits per heavy atom. The highest BCUT2D eigenvalue weighted by Gasteiger charge is 2.35. The number of alkyl halides is 3. The first-order valence-electron chi connectivity index (χ1n) is 8.87. The third-order valence-corrected chi connectivity index (χ3v) is 4.86. The molecule has 0 aliphatic carbocycles. The maximum Gasteiger partial charge on any atom is 0.451 e. The summed E-state index contributed by atoms with van der Waals surface area (Å²) in [6.45, 7) is 0.751. The van der Waals surface area contributed by atoms with Crippen LogP contribution in [0.15, 0.2) is 30.5 Å². The van der Waals surface area contributed by atoms with Crippen LogP contribution in [0, 0.1) is 17.6 Å². The fraction of sp³-hybridized carbons (Fsp3) is 0.421. The summed E-state index contributed by atoms with van der Waals surface area (Å²) >= 11 is 0. The second-order valence-electron chi connectivity index (χ2n) is 6.77. The van der Waals surface area contributed by atoms with Gasteiger partial charge in [-0.2, -0.15) is 13.2 Å². The van der Waals surface area contributed by atoms with Crippen LogP contribution < -0.4 is 0 Å². The van der Waals surface area contributed by atoms with E-state index in [1.807, 2.05) is 0 Å². The van der Waals surface area contributed by atoms with Gasteiger partial charge in [0.2, 0.25) is 5.82 Å². The van der Waals surface area contributed by atoms with Gasteiger partial charge in [-0.1, -0.05) is 0 Å². The predicted molar refractivity (Wildman–Crippen MR) is 90.3 cm³/mol. The molecule has 0 spiro atoms. The number of likely N-dealkylation sites (tertiary alicyclic amines) is 1. The van der Waals surface area contributed by atoms with Crippen LogP contribution in [-0.2, 0) is 12.6 Å². The topological polar surface area (TPSA) is 46.1 Å². The molecule has 4 nitrogen and oxygen atoms in total. The number of piperidine rings is 1. The molecular weight excluding hydrogens is 381 g/mol. The summed E-state index contributed by atoms with van der Waals surface area (Å²) in [5.41, 5.74) is 0.0294. The normalized spacial score (nSPS) is 15.7. The first-order chi connectivity index (χ1) is 13.2. The third-order valence-electron chi connectivity index (χ3n) is 4.86. The number of carbonyl (C=O) groups excluding carboxylic acids is 1. The van der Waals surface area contributed by atoms with E-state index in [2.05, 4.69) is 9.97 Å². The average molecular weight is 399 g/mol. The monoisotopic (exact) mass is 399 g/mol. The molecule has 0 unspecified atom stereocenters. The molecule has 0 atom stereocenters. The van der Waals surface area contributed by atoms with E-state index >= 15 is 0 Å². The Hall–Kier alpha value is -2.58. The van der Waals surface area contributed by atoms with Gasteiger partial charge in [0.1, 0.15) is 17.3 Å². The molecule has 1 aliphatic heterocycles. The van der Waals surface area contributed by atoms with Crippen molar-refractivity contribution in [2.24, 2.45) is 5.92 Å². The van der Waals surface area contributed by atoms with Gasteiger partial charge in [0.25, 0.3) is 5.91 Å². The number of halogens is 5. The van der Waals surface area contributed by atoms with Crippen molar-refractivity contribution in [3.05, 3.63) is 59.2 Å². The van der Waals surface area contributed by atoms with Crippen molar-refractivity contribution in [3.63, 3.8) is 0 Å². The summed E-state index contributed by atoms with van der Waals surface area (Å²) in [6, 6.07) is 4.51. The van der Waals surface area contributed by atoms with Crippen molar-refractivity contribution >= 4 is 5.91 Å². The van der Waals surface area contributed by atoms with E-state index in [1.54, 1.807) is 0 Å². The molecule has 2 aromatic rings. The first kappa shape index (κ1) is 20.2. The summed E-state index contributed by atoms with van der Waals surface area (Å²) in [5.74, 6) is -2.62. The van der Waals surface area contributed by atoms with Gasteiger partial charge < -0.3 is 4.90 Å². The van der Waals surface area contributed by atoms with Crippen molar-refractivity contribution in [1.29, 1.82) is 0 Å². The van der Waals surface area contributed by atoms with Gasteiger partial charge in [-0.05, 0) is 61.4 Å². The SMILES string of the molecule is O=C(c1ccnc(C(F)(F)F)n1)N1CCC(CCc2cc(F)ccc2F)CC1. The Balaban J connectivity index is 1.55. The van der Waals surface area contributed by atoms with E-state index in [4.69, 9.17) is 0 Å². The molecule has 1 aromatic heterocycles. The van der Waals surface area contributed by atoms with Gasteiger partial charge in [0.05, 0.1) is 0 Å². The van der Waals surface area contributed by atoms with Crippen molar-refractivity contribution in [3.8, 4) is 0 Å². The highest BCUT2D eigenvalue weighted by molar-refractivity contribution is 5.92. The molecule has 0 N–H and O–H groups in total. The summed E-state index contributed by atoms with van der Waals surface area (Å²) < 4.78 is 65.0. The molecule has 150 valence electrons. The van der Waals surface area contributed by atoms with Crippen LogP contribution >= 0.6 is 0 Å². The van der Waals surface area contributed by atoms with E-state index in [9.17, 15) is 26.7 Å². The number of aryl methyl sites for hydroxylation is 1. The fourth-order valence-electron chi connectivity index (χ4n) is 3.30. The third kappa shape index (κ3) is 4.82. The van der Waals surface area contributed by atoms with Crippen molar-refractivity contribution in [2.45, 2.75) is 31.9 Å². The number of amides is 1. The van der Waals surface area contributed by atoms with E-state index in [0.717, 1.165) is 24.4 Å². The van der Waals surface area contributed by atoms with Crippen LogP contribution in [0.5, 0.6) is 0 Å². The highest BCUT2D eigenvalue weighted by atomic mass is 19.4. The fourth-order valence-corrected chi connectivity index (χ4v) is 3.30. The largest absolute Gasteiger partial charge is 0.451 e. The van der Waals surface area contributed by atoms with Crippen LogP contribution in [0.3, 0.4) is 0 Å². The van der Waals surface area contributed by atoms with Gasteiger partial charge in [-0.3, -0.25) is 4.79 Å².